The zero-order valence-corrected chi connectivity index (χ0v) is 20.1. The Labute approximate surface area is 200 Å². The van der Waals surface area contributed by atoms with E-state index in [9.17, 15) is 9.59 Å². The molecule has 180 valence electrons. The minimum absolute atomic E-state index is 0.0636. The van der Waals surface area contributed by atoms with Crippen molar-refractivity contribution in [3.05, 3.63) is 64.6 Å². The Morgan fingerprint density at radius 2 is 2.03 bits per heavy atom. The lowest BCUT2D eigenvalue weighted by molar-refractivity contribution is -0.125. The van der Waals surface area contributed by atoms with Gasteiger partial charge in [-0.2, -0.15) is 0 Å². The van der Waals surface area contributed by atoms with Crippen molar-refractivity contribution in [3.8, 4) is 0 Å². The summed E-state index contributed by atoms with van der Waals surface area (Å²) in [7, 11) is 2.10. The Bertz CT molecular complexity index is 1160. The van der Waals surface area contributed by atoms with Gasteiger partial charge in [0.2, 0.25) is 5.91 Å². The van der Waals surface area contributed by atoms with Crippen LogP contribution in [0.15, 0.2) is 53.5 Å². The predicted molar refractivity (Wildman–Crippen MR) is 135 cm³/mol. The number of nitrogens with zero attached hydrogens (tertiary/aromatic N) is 5. The maximum absolute atomic E-state index is 13.1. The molecule has 0 bridgehead atoms. The molecular weight excluding hydrogens is 428 g/mol. The van der Waals surface area contributed by atoms with Gasteiger partial charge in [0, 0.05) is 38.9 Å². The van der Waals surface area contributed by atoms with Crippen molar-refractivity contribution in [3.63, 3.8) is 0 Å². The first kappa shape index (κ1) is 23.9. The molecule has 34 heavy (non-hydrogen) atoms. The lowest BCUT2D eigenvalue weighted by Crippen LogP contribution is -2.46. The van der Waals surface area contributed by atoms with Gasteiger partial charge in [-0.3, -0.25) is 14.2 Å². The van der Waals surface area contributed by atoms with Crippen LogP contribution in [-0.4, -0.2) is 58.6 Å². The van der Waals surface area contributed by atoms with Crippen molar-refractivity contribution in [2.75, 3.05) is 38.1 Å². The highest BCUT2D eigenvalue weighted by molar-refractivity contribution is 5.79. The van der Waals surface area contributed by atoms with Gasteiger partial charge in [-0.1, -0.05) is 30.3 Å². The summed E-state index contributed by atoms with van der Waals surface area (Å²) in [4.78, 5) is 39.2. The second-order valence-corrected chi connectivity index (χ2v) is 8.98. The molecule has 1 fully saturated rings. The zero-order chi connectivity index (χ0) is 23.9. The van der Waals surface area contributed by atoms with Gasteiger partial charge >= 0.3 is 0 Å². The van der Waals surface area contributed by atoms with Crippen molar-refractivity contribution in [2.45, 2.75) is 39.3 Å². The van der Waals surface area contributed by atoms with Crippen LogP contribution in [0.2, 0.25) is 0 Å². The molecule has 3 heterocycles. The minimum atomic E-state index is -0.142. The number of pyridine rings is 1. The van der Waals surface area contributed by atoms with Gasteiger partial charge in [0.15, 0.2) is 11.5 Å². The first-order valence-corrected chi connectivity index (χ1v) is 12.2. The fourth-order valence-electron chi connectivity index (χ4n) is 4.62. The zero-order valence-electron chi connectivity index (χ0n) is 20.1. The third-order valence-electron chi connectivity index (χ3n) is 6.40. The highest BCUT2D eigenvalue weighted by atomic mass is 16.2. The molecule has 1 aromatic carbocycles. The molecule has 3 aromatic rings. The van der Waals surface area contributed by atoms with Crippen molar-refractivity contribution in [2.24, 2.45) is 5.92 Å². The second kappa shape index (κ2) is 11.2. The number of amides is 1. The molecule has 0 spiro atoms. The number of fused-ring (bicyclic) bond motifs is 1. The first-order valence-electron chi connectivity index (χ1n) is 12.2. The Balaban J connectivity index is 1.32. The number of rotatable bonds is 9. The van der Waals surface area contributed by atoms with Crippen LogP contribution in [0.25, 0.3) is 11.2 Å². The number of carbonyl (C=O) groups is 1. The molecule has 8 heteroatoms. The smallest absolute Gasteiger partial charge is 0.295 e. The van der Waals surface area contributed by atoms with Gasteiger partial charge in [-0.15, -0.1) is 0 Å². The Morgan fingerprint density at radius 3 is 2.82 bits per heavy atom. The maximum Gasteiger partial charge on any atom is 0.295 e. The second-order valence-electron chi connectivity index (χ2n) is 8.98. The van der Waals surface area contributed by atoms with E-state index in [1.54, 1.807) is 10.8 Å². The van der Waals surface area contributed by atoms with Crippen LogP contribution in [-0.2, 0) is 17.9 Å². The molecule has 1 aliphatic heterocycles. The van der Waals surface area contributed by atoms with Gasteiger partial charge in [0.25, 0.3) is 5.56 Å². The van der Waals surface area contributed by atoms with E-state index in [-0.39, 0.29) is 17.4 Å². The molecule has 0 saturated carbocycles. The lowest BCUT2D eigenvalue weighted by atomic mass is 9.97. The molecule has 2 aromatic heterocycles. The van der Waals surface area contributed by atoms with Crippen molar-refractivity contribution in [1.82, 2.24) is 24.8 Å². The highest BCUT2D eigenvalue weighted by Crippen LogP contribution is 2.21. The molecule has 0 unspecified atom stereocenters. The van der Waals surface area contributed by atoms with Gasteiger partial charge < -0.3 is 15.1 Å². The van der Waals surface area contributed by atoms with Gasteiger partial charge in [0.1, 0.15) is 5.52 Å². The number of anilines is 1. The van der Waals surface area contributed by atoms with E-state index in [0.717, 1.165) is 38.9 Å². The average Bonchev–Trinajstić information content (AvgIpc) is 2.87. The summed E-state index contributed by atoms with van der Waals surface area (Å²) < 4.78 is 1.66. The van der Waals surface area contributed by atoms with Gasteiger partial charge in [-0.05, 0) is 57.5 Å². The van der Waals surface area contributed by atoms with Crippen molar-refractivity contribution < 1.29 is 4.79 Å². The largest absolute Gasteiger partial charge is 0.356 e. The minimum Gasteiger partial charge on any atom is -0.356 e. The number of carbonyl (C=O) groups excluding carboxylic acids is 1. The summed E-state index contributed by atoms with van der Waals surface area (Å²) in [5.74, 6) is 0.341. The third-order valence-corrected chi connectivity index (χ3v) is 6.40. The van der Waals surface area contributed by atoms with Crippen LogP contribution < -0.4 is 15.8 Å². The third kappa shape index (κ3) is 5.62. The Hall–Kier alpha value is -3.26. The molecule has 1 N–H and O–H groups in total. The maximum atomic E-state index is 13.1. The number of aryl methyl sites for hydroxylation is 1. The summed E-state index contributed by atoms with van der Waals surface area (Å²) in [6.07, 6.45) is 4.26. The number of piperidine rings is 1. The van der Waals surface area contributed by atoms with E-state index in [1.807, 2.05) is 30.0 Å². The number of hydrogen-bond donors (Lipinski definition) is 1. The van der Waals surface area contributed by atoms with Crippen LogP contribution in [0.3, 0.4) is 0 Å². The molecule has 8 nitrogen and oxygen atoms in total. The van der Waals surface area contributed by atoms with Crippen molar-refractivity contribution in [1.29, 1.82) is 0 Å². The molecule has 1 amide bonds. The van der Waals surface area contributed by atoms with E-state index >= 15 is 0 Å². The van der Waals surface area contributed by atoms with Crippen LogP contribution in [0, 0.1) is 5.92 Å². The Kier molecular flexibility index (Phi) is 7.90. The van der Waals surface area contributed by atoms with E-state index in [2.05, 4.69) is 51.5 Å². The fraction of sp³-hybridized carbons (Fsp3) is 0.462. The number of hydrogen-bond acceptors (Lipinski definition) is 6. The van der Waals surface area contributed by atoms with Crippen LogP contribution >= 0.6 is 0 Å². The van der Waals surface area contributed by atoms with Crippen molar-refractivity contribution >= 4 is 22.9 Å². The monoisotopic (exact) mass is 462 g/mol. The Morgan fingerprint density at radius 1 is 1.21 bits per heavy atom. The summed E-state index contributed by atoms with van der Waals surface area (Å²) in [5, 5.41) is 3.10. The van der Waals surface area contributed by atoms with Crippen LogP contribution in [0.5, 0.6) is 0 Å². The molecule has 1 saturated heterocycles. The summed E-state index contributed by atoms with van der Waals surface area (Å²) in [5.41, 5.74) is 2.44. The normalized spacial score (nSPS) is 16.2. The quantitative estimate of drug-likeness (QED) is 0.493. The summed E-state index contributed by atoms with van der Waals surface area (Å²) >= 11 is 0. The van der Waals surface area contributed by atoms with Crippen LogP contribution in [0.4, 0.5) is 5.82 Å². The van der Waals surface area contributed by atoms with Gasteiger partial charge in [-0.25, -0.2) is 9.97 Å². The summed E-state index contributed by atoms with van der Waals surface area (Å²) in [6, 6.07) is 14.1. The number of benzene rings is 1. The topological polar surface area (TPSA) is 83.4 Å². The number of aromatic nitrogens is 3. The molecule has 4 rings (SSSR count). The van der Waals surface area contributed by atoms with Gasteiger partial charge in [0.05, 0.1) is 5.92 Å². The van der Waals surface area contributed by atoms with E-state index in [0.29, 0.717) is 36.6 Å². The molecule has 0 aliphatic carbocycles. The van der Waals surface area contributed by atoms with Crippen LogP contribution in [0.1, 0.15) is 31.7 Å². The summed E-state index contributed by atoms with van der Waals surface area (Å²) in [6.45, 7) is 6.16. The fourth-order valence-corrected chi connectivity index (χ4v) is 4.62. The van der Waals surface area contributed by atoms with E-state index in [1.165, 1.54) is 5.56 Å². The van der Waals surface area contributed by atoms with E-state index in [4.69, 9.17) is 0 Å². The predicted octanol–water partition coefficient (Wildman–Crippen LogP) is 2.67. The first-order chi connectivity index (χ1) is 16.6. The molecule has 0 radical (unpaired) electrons. The number of nitrogens with one attached hydrogen (secondary N) is 1. The molecule has 1 aliphatic rings. The van der Waals surface area contributed by atoms with E-state index < -0.39 is 0 Å². The SMILES string of the molecule is CCn1c(=O)c(N2CCC[C@@H](C(=O)NCCCN(C)Cc3ccccc3)C2)nc2cccnc21. The highest BCUT2D eigenvalue weighted by Gasteiger charge is 2.28. The molecule has 1 atom stereocenters. The molecular formula is C26H34N6O2. The lowest BCUT2D eigenvalue weighted by Gasteiger charge is -2.32. The average molecular weight is 463 g/mol. The standard InChI is InChI=1S/C26H34N6O2/c1-3-32-23-22(13-7-14-27-23)29-24(26(32)34)31-17-8-12-21(19-31)25(33)28-15-9-16-30(2)18-20-10-5-4-6-11-20/h4-7,10-11,13-14,21H,3,8-9,12,15-19H2,1-2H3,(H,28,33)/t21-/m1/s1.